The summed E-state index contributed by atoms with van der Waals surface area (Å²) in [6.07, 6.45) is -5.85. The summed E-state index contributed by atoms with van der Waals surface area (Å²) in [5.74, 6) is -1.60. The molecule has 2 aromatic rings. The number of esters is 1. The van der Waals surface area contributed by atoms with Crippen molar-refractivity contribution in [2.75, 3.05) is 5.32 Å². The van der Waals surface area contributed by atoms with E-state index < -0.39 is 29.7 Å². The van der Waals surface area contributed by atoms with Crippen molar-refractivity contribution in [1.82, 2.24) is 0 Å². The zero-order valence-electron chi connectivity index (χ0n) is 13.2. The van der Waals surface area contributed by atoms with Crippen LogP contribution in [0.15, 0.2) is 42.5 Å². The van der Waals surface area contributed by atoms with Gasteiger partial charge in [-0.25, -0.2) is 4.79 Å². The minimum atomic E-state index is -4.59. The topological polar surface area (TPSA) is 55.4 Å². The van der Waals surface area contributed by atoms with Gasteiger partial charge in [0, 0.05) is 5.02 Å². The van der Waals surface area contributed by atoms with Crippen LogP contribution in [-0.2, 0) is 15.7 Å². The van der Waals surface area contributed by atoms with Gasteiger partial charge in [-0.2, -0.15) is 13.2 Å². The first-order valence-corrected chi connectivity index (χ1v) is 7.97. The summed E-state index contributed by atoms with van der Waals surface area (Å²) in [7, 11) is 0. The first-order chi connectivity index (χ1) is 12.1. The van der Waals surface area contributed by atoms with Gasteiger partial charge in [0.2, 0.25) is 0 Å². The summed E-state index contributed by atoms with van der Waals surface area (Å²) < 4.78 is 43.2. The minimum Gasteiger partial charge on any atom is -0.449 e. The summed E-state index contributed by atoms with van der Waals surface area (Å²) in [5, 5.41) is 2.56. The van der Waals surface area contributed by atoms with E-state index >= 15 is 0 Å². The Kier molecular flexibility index (Phi) is 6.15. The van der Waals surface area contributed by atoms with Gasteiger partial charge >= 0.3 is 12.1 Å². The lowest BCUT2D eigenvalue weighted by molar-refractivity contribution is -0.137. The largest absolute Gasteiger partial charge is 0.449 e. The molecule has 0 saturated carbocycles. The van der Waals surface area contributed by atoms with Crippen LogP contribution in [0, 0.1) is 0 Å². The molecule has 0 unspecified atom stereocenters. The van der Waals surface area contributed by atoms with E-state index in [1.165, 1.54) is 31.2 Å². The summed E-state index contributed by atoms with van der Waals surface area (Å²) >= 11 is 11.5. The van der Waals surface area contributed by atoms with Crippen molar-refractivity contribution in [2.45, 2.75) is 19.2 Å². The van der Waals surface area contributed by atoms with Gasteiger partial charge in [0.25, 0.3) is 5.91 Å². The maximum Gasteiger partial charge on any atom is 0.416 e. The second-order valence-corrected chi connectivity index (χ2v) is 6.08. The molecule has 1 amide bonds. The SMILES string of the molecule is C[C@H](OC(=O)c1ccc(Cl)cc1)C(=O)Nc1cc(C(F)(F)F)ccc1Cl. The molecule has 0 aliphatic rings. The fraction of sp³-hybridized carbons (Fsp3) is 0.176. The molecule has 0 aliphatic carbocycles. The lowest BCUT2D eigenvalue weighted by Crippen LogP contribution is -2.30. The van der Waals surface area contributed by atoms with E-state index in [4.69, 9.17) is 27.9 Å². The van der Waals surface area contributed by atoms with E-state index in [2.05, 4.69) is 5.32 Å². The van der Waals surface area contributed by atoms with Gasteiger partial charge in [0.05, 0.1) is 21.8 Å². The van der Waals surface area contributed by atoms with Crippen LogP contribution in [0.5, 0.6) is 0 Å². The van der Waals surface area contributed by atoms with Gasteiger partial charge in [-0.15, -0.1) is 0 Å². The van der Waals surface area contributed by atoms with E-state index in [1.54, 1.807) is 0 Å². The van der Waals surface area contributed by atoms with Gasteiger partial charge in [-0.1, -0.05) is 23.2 Å². The molecule has 0 heterocycles. The number of halogens is 5. The van der Waals surface area contributed by atoms with E-state index in [0.29, 0.717) is 11.1 Å². The molecule has 0 saturated heterocycles. The molecule has 0 bridgehead atoms. The van der Waals surface area contributed by atoms with Crippen molar-refractivity contribution >= 4 is 40.8 Å². The van der Waals surface area contributed by atoms with Gasteiger partial charge < -0.3 is 10.1 Å². The van der Waals surface area contributed by atoms with Crippen LogP contribution in [0.2, 0.25) is 10.0 Å². The third-order valence-corrected chi connectivity index (χ3v) is 3.87. The fourth-order valence-electron chi connectivity index (χ4n) is 1.90. The summed E-state index contributed by atoms with van der Waals surface area (Å²) in [6, 6.07) is 8.30. The Hall–Kier alpha value is -2.25. The molecular weight excluding hydrogens is 394 g/mol. The molecule has 1 N–H and O–H groups in total. The number of carbonyl (C=O) groups is 2. The van der Waals surface area contributed by atoms with Crippen molar-refractivity contribution in [1.29, 1.82) is 0 Å². The molecule has 2 aromatic carbocycles. The Bertz CT molecular complexity index is 823. The fourth-order valence-corrected chi connectivity index (χ4v) is 2.19. The highest BCUT2D eigenvalue weighted by Crippen LogP contribution is 2.33. The average molecular weight is 406 g/mol. The van der Waals surface area contributed by atoms with Gasteiger partial charge in [-0.3, -0.25) is 4.79 Å². The molecule has 4 nitrogen and oxygen atoms in total. The summed E-state index contributed by atoms with van der Waals surface area (Å²) in [6.45, 7) is 1.28. The highest BCUT2D eigenvalue weighted by Gasteiger charge is 2.31. The number of carbonyl (C=O) groups excluding carboxylic acids is 2. The molecule has 0 spiro atoms. The standard InChI is InChI=1S/C17H12Cl2F3NO3/c1-9(26-16(25)10-2-5-12(18)6-3-10)15(24)23-14-8-11(17(20,21)22)4-7-13(14)19/h2-9H,1H3,(H,23,24)/t9-/m0/s1. The Balaban J connectivity index is 2.07. The van der Waals surface area contributed by atoms with Crippen molar-refractivity contribution in [2.24, 2.45) is 0 Å². The number of hydrogen-bond donors (Lipinski definition) is 1. The van der Waals surface area contributed by atoms with Crippen molar-refractivity contribution < 1.29 is 27.5 Å². The van der Waals surface area contributed by atoms with Crippen molar-refractivity contribution in [3.8, 4) is 0 Å². The van der Waals surface area contributed by atoms with Gasteiger partial charge in [-0.05, 0) is 49.4 Å². The molecule has 26 heavy (non-hydrogen) atoms. The second kappa shape index (κ2) is 7.97. The van der Waals surface area contributed by atoms with Gasteiger partial charge in [0.15, 0.2) is 6.10 Å². The maximum absolute atomic E-state index is 12.7. The highest BCUT2D eigenvalue weighted by atomic mass is 35.5. The third-order valence-electron chi connectivity index (χ3n) is 3.28. The highest BCUT2D eigenvalue weighted by molar-refractivity contribution is 6.33. The molecule has 9 heteroatoms. The first-order valence-electron chi connectivity index (χ1n) is 7.22. The van der Waals surface area contributed by atoms with Crippen LogP contribution in [0.4, 0.5) is 18.9 Å². The molecule has 1 atom stereocenters. The number of rotatable bonds is 4. The van der Waals surface area contributed by atoms with Crippen molar-refractivity contribution in [3.63, 3.8) is 0 Å². The Morgan fingerprint density at radius 3 is 2.27 bits per heavy atom. The predicted molar refractivity (Wildman–Crippen MR) is 91.4 cm³/mol. The molecule has 2 rings (SSSR count). The monoisotopic (exact) mass is 405 g/mol. The van der Waals surface area contributed by atoms with Crippen LogP contribution < -0.4 is 5.32 Å². The van der Waals surface area contributed by atoms with Crippen LogP contribution in [0.3, 0.4) is 0 Å². The number of hydrogen-bond acceptors (Lipinski definition) is 3. The maximum atomic E-state index is 12.7. The lowest BCUT2D eigenvalue weighted by atomic mass is 10.2. The average Bonchev–Trinajstić information content (AvgIpc) is 2.56. The van der Waals surface area contributed by atoms with E-state index in [9.17, 15) is 22.8 Å². The quantitative estimate of drug-likeness (QED) is 0.711. The molecule has 0 aliphatic heterocycles. The Morgan fingerprint density at radius 2 is 1.69 bits per heavy atom. The van der Waals surface area contributed by atoms with Crippen LogP contribution in [0.1, 0.15) is 22.8 Å². The molecule has 0 radical (unpaired) electrons. The number of benzene rings is 2. The number of anilines is 1. The molecule has 138 valence electrons. The Morgan fingerprint density at radius 1 is 1.08 bits per heavy atom. The Labute approximate surface area is 156 Å². The summed E-state index contributed by atoms with van der Waals surface area (Å²) in [5.41, 5.74) is -1.03. The second-order valence-electron chi connectivity index (χ2n) is 5.24. The van der Waals surface area contributed by atoms with Gasteiger partial charge in [0.1, 0.15) is 0 Å². The van der Waals surface area contributed by atoms with Crippen molar-refractivity contribution in [3.05, 3.63) is 63.6 Å². The molecular formula is C17H12Cl2F3NO3. The molecule has 0 fully saturated rings. The van der Waals surface area contributed by atoms with Crippen LogP contribution >= 0.6 is 23.2 Å². The van der Waals surface area contributed by atoms with E-state index in [1.807, 2.05) is 0 Å². The minimum absolute atomic E-state index is 0.0809. The zero-order valence-corrected chi connectivity index (χ0v) is 14.7. The number of amides is 1. The van der Waals surface area contributed by atoms with Crippen LogP contribution in [0.25, 0.3) is 0 Å². The van der Waals surface area contributed by atoms with E-state index in [-0.39, 0.29) is 16.3 Å². The van der Waals surface area contributed by atoms with E-state index in [0.717, 1.165) is 12.1 Å². The number of alkyl halides is 3. The summed E-state index contributed by atoms with van der Waals surface area (Å²) in [4.78, 5) is 24.1. The molecule has 0 aromatic heterocycles. The zero-order chi connectivity index (χ0) is 19.5. The smallest absolute Gasteiger partial charge is 0.416 e. The number of ether oxygens (including phenoxy) is 1. The predicted octanol–water partition coefficient (Wildman–Crippen LogP) is 5.20. The van der Waals surface area contributed by atoms with Crippen LogP contribution in [-0.4, -0.2) is 18.0 Å². The normalized spacial score (nSPS) is 12.4. The first kappa shape index (κ1) is 20.1. The number of nitrogens with one attached hydrogen (secondary N) is 1. The lowest BCUT2D eigenvalue weighted by Gasteiger charge is -2.15. The third kappa shape index (κ3) is 5.12.